The van der Waals surface area contributed by atoms with E-state index >= 15 is 0 Å². The molecule has 0 saturated carbocycles. The fourth-order valence-electron chi connectivity index (χ4n) is 1.23. The molecular formula is C8H14N2O. The first kappa shape index (κ1) is 8.14. The summed E-state index contributed by atoms with van der Waals surface area (Å²) in [7, 11) is 1.86. The first-order chi connectivity index (χ1) is 5.33. The first-order valence-electron chi connectivity index (χ1n) is 3.81. The highest BCUT2D eigenvalue weighted by Crippen LogP contribution is 2.20. The van der Waals surface area contributed by atoms with Gasteiger partial charge in [0.25, 0.3) is 0 Å². The van der Waals surface area contributed by atoms with Crippen molar-refractivity contribution in [2.45, 2.75) is 20.0 Å². The Labute approximate surface area is 66.4 Å². The van der Waals surface area contributed by atoms with Crippen LogP contribution < -0.4 is 5.32 Å². The van der Waals surface area contributed by atoms with Gasteiger partial charge in [-0.1, -0.05) is 6.92 Å². The Morgan fingerprint density at radius 2 is 2.36 bits per heavy atom. The number of aliphatic hydroxyl groups is 1. The molecule has 0 unspecified atom stereocenters. The summed E-state index contributed by atoms with van der Waals surface area (Å²) in [4.78, 5) is 3.10. The molecule has 3 heteroatoms. The lowest BCUT2D eigenvalue weighted by Gasteiger charge is -2.02. The maximum Gasteiger partial charge on any atom is 0.0717 e. The molecule has 1 aromatic rings. The molecular weight excluding hydrogens is 140 g/mol. The lowest BCUT2D eigenvalue weighted by Crippen LogP contribution is -1.94. The monoisotopic (exact) mass is 154 g/mol. The van der Waals surface area contributed by atoms with Crippen LogP contribution in [0.1, 0.15) is 18.2 Å². The summed E-state index contributed by atoms with van der Waals surface area (Å²) in [6, 6.07) is 0. The van der Waals surface area contributed by atoms with E-state index in [1.807, 2.05) is 13.2 Å². The average Bonchev–Trinajstić information content (AvgIpc) is 2.45. The summed E-state index contributed by atoms with van der Waals surface area (Å²) >= 11 is 0. The van der Waals surface area contributed by atoms with Gasteiger partial charge in [-0.3, -0.25) is 0 Å². The zero-order valence-corrected chi connectivity index (χ0v) is 6.94. The van der Waals surface area contributed by atoms with Gasteiger partial charge in [0.05, 0.1) is 12.3 Å². The molecule has 0 fully saturated rings. The molecule has 0 saturated heterocycles. The van der Waals surface area contributed by atoms with Crippen LogP contribution in [-0.2, 0) is 13.0 Å². The lowest BCUT2D eigenvalue weighted by atomic mass is 10.2. The van der Waals surface area contributed by atoms with Gasteiger partial charge in [0.15, 0.2) is 0 Å². The van der Waals surface area contributed by atoms with Crippen molar-refractivity contribution in [1.82, 2.24) is 4.98 Å². The molecule has 0 bridgehead atoms. The fraction of sp³-hybridized carbons (Fsp3) is 0.500. The third kappa shape index (κ3) is 1.38. The molecule has 1 rings (SSSR count). The van der Waals surface area contributed by atoms with Crippen LogP contribution in [0, 0.1) is 0 Å². The Balaban J connectivity index is 2.99. The molecule has 11 heavy (non-hydrogen) atoms. The van der Waals surface area contributed by atoms with E-state index < -0.39 is 0 Å². The maximum absolute atomic E-state index is 8.90. The Kier molecular flexibility index (Phi) is 2.54. The van der Waals surface area contributed by atoms with Crippen LogP contribution >= 0.6 is 0 Å². The van der Waals surface area contributed by atoms with Gasteiger partial charge in [-0.2, -0.15) is 0 Å². The van der Waals surface area contributed by atoms with E-state index in [1.165, 1.54) is 0 Å². The summed E-state index contributed by atoms with van der Waals surface area (Å²) in [6.07, 6.45) is 2.79. The van der Waals surface area contributed by atoms with Gasteiger partial charge < -0.3 is 15.4 Å². The zero-order valence-electron chi connectivity index (χ0n) is 6.94. The zero-order chi connectivity index (χ0) is 8.27. The van der Waals surface area contributed by atoms with Crippen LogP contribution in [0.15, 0.2) is 6.20 Å². The van der Waals surface area contributed by atoms with Crippen LogP contribution in [0.25, 0.3) is 0 Å². The summed E-state index contributed by atoms with van der Waals surface area (Å²) in [5.74, 6) is 0. The smallest absolute Gasteiger partial charge is 0.0717 e. The van der Waals surface area contributed by atoms with Crippen LogP contribution in [0.4, 0.5) is 5.69 Å². The maximum atomic E-state index is 8.90. The number of rotatable bonds is 3. The van der Waals surface area contributed by atoms with Crippen LogP contribution in [-0.4, -0.2) is 17.1 Å². The van der Waals surface area contributed by atoms with E-state index in [0.29, 0.717) is 0 Å². The minimum Gasteiger partial charge on any atom is -0.392 e. The summed E-state index contributed by atoms with van der Waals surface area (Å²) in [5.41, 5.74) is 3.12. The largest absolute Gasteiger partial charge is 0.392 e. The van der Waals surface area contributed by atoms with Gasteiger partial charge in [-0.25, -0.2) is 0 Å². The van der Waals surface area contributed by atoms with E-state index in [4.69, 9.17) is 5.11 Å². The molecule has 3 N–H and O–H groups in total. The molecule has 62 valence electrons. The Morgan fingerprint density at radius 3 is 2.82 bits per heavy atom. The Morgan fingerprint density at radius 1 is 1.64 bits per heavy atom. The van der Waals surface area contributed by atoms with E-state index in [2.05, 4.69) is 17.2 Å². The van der Waals surface area contributed by atoms with Gasteiger partial charge in [-0.05, 0) is 6.42 Å². The minimum atomic E-state index is 0.0900. The van der Waals surface area contributed by atoms with Crippen molar-refractivity contribution in [3.63, 3.8) is 0 Å². The fourth-order valence-corrected chi connectivity index (χ4v) is 1.23. The molecule has 0 atom stereocenters. The summed E-state index contributed by atoms with van der Waals surface area (Å²) in [6.45, 7) is 2.17. The van der Waals surface area contributed by atoms with Gasteiger partial charge in [0.1, 0.15) is 0 Å². The Bertz CT molecular complexity index is 208. The lowest BCUT2D eigenvalue weighted by molar-refractivity contribution is 0.282. The van der Waals surface area contributed by atoms with Gasteiger partial charge >= 0.3 is 0 Å². The normalized spacial score (nSPS) is 10.1. The SMILES string of the molecule is CCc1[nH]cc(CO)c1NC. The van der Waals surface area contributed by atoms with E-state index in [-0.39, 0.29) is 6.61 Å². The van der Waals surface area contributed by atoms with Crippen molar-refractivity contribution in [1.29, 1.82) is 0 Å². The average molecular weight is 154 g/mol. The number of aryl methyl sites for hydroxylation is 1. The number of aromatic amines is 1. The number of hydrogen-bond acceptors (Lipinski definition) is 2. The summed E-state index contributed by atoms with van der Waals surface area (Å²) < 4.78 is 0. The predicted octanol–water partition coefficient (Wildman–Crippen LogP) is 1.11. The van der Waals surface area contributed by atoms with Gasteiger partial charge in [0.2, 0.25) is 0 Å². The van der Waals surface area contributed by atoms with Crippen molar-refractivity contribution in [2.75, 3.05) is 12.4 Å². The second-order valence-electron chi connectivity index (χ2n) is 2.43. The highest BCUT2D eigenvalue weighted by Gasteiger charge is 2.05. The molecule has 0 aliphatic heterocycles. The summed E-state index contributed by atoms with van der Waals surface area (Å²) in [5, 5.41) is 12.0. The predicted molar refractivity (Wildman–Crippen MR) is 45.6 cm³/mol. The highest BCUT2D eigenvalue weighted by molar-refractivity contribution is 5.55. The molecule has 1 aromatic heterocycles. The van der Waals surface area contributed by atoms with Crippen LogP contribution in [0.2, 0.25) is 0 Å². The van der Waals surface area contributed by atoms with Crippen molar-refractivity contribution >= 4 is 5.69 Å². The van der Waals surface area contributed by atoms with E-state index in [1.54, 1.807) is 0 Å². The second kappa shape index (κ2) is 3.44. The van der Waals surface area contributed by atoms with Crippen molar-refractivity contribution in [3.8, 4) is 0 Å². The molecule has 0 amide bonds. The number of aromatic nitrogens is 1. The molecule has 0 aliphatic carbocycles. The van der Waals surface area contributed by atoms with E-state index in [9.17, 15) is 0 Å². The quantitative estimate of drug-likeness (QED) is 0.610. The first-order valence-corrected chi connectivity index (χ1v) is 3.81. The number of aliphatic hydroxyl groups excluding tert-OH is 1. The second-order valence-corrected chi connectivity index (χ2v) is 2.43. The van der Waals surface area contributed by atoms with Crippen molar-refractivity contribution < 1.29 is 5.11 Å². The third-order valence-corrected chi connectivity index (χ3v) is 1.82. The molecule has 1 heterocycles. The third-order valence-electron chi connectivity index (χ3n) is 1.82. The highest BCUT2D eigenvalue weighted by atomic mass is 16.3. The van der Waals surface area contributed by atoms with Crippen LogP contribution in [0.5, 0.6) is 0 Å². The molecule has 0 radical (unpaired) electrons. The number of hydrogen-bond donors (Lipinski definition) is 3. The number of anilines is 1. The van der Waals surface area contributed by atoms with Gasteiger partial charge in [-0.15, -0.1) is 0 Å². The molecule has 0 spiro atoms. The van der Waals surface area contributed by atoms with Crippen molar-refractivity contribution in [3.05, 3.63) is 17.5 Å². The molecule has 0 aromatic carbocycles. The minimum absolute atomic E-state index is 0.0900. The molecule has 0 aliphatic rings. The van der Waals surface area contributed by atoms with Crippen LogP contribution in [0.3, 0.4) is 0 Å². The Hall–Kier alpha value is -0.960. The van der Waals surface area contributed by atoms with E-state index in [0.717, 1.165) is 23.4 Å². The number of H-pyrrole nitrogens is 1. The standard InChI is InChI=1S/C8H14N2O/c1-3-7-8(9-2)6(5-11)4-10-7/h4,9-11H,3,5H2,1-2H3. The topological polar surface area (TPSA) is 48.0 Å². The van der Waals surface area contributed by atoms with Crippen molar-refractivity contribution in [2.24, 2.45) is 0 Å². The number of nitrogens with one attached hydrogen (secondary N) is 2. The molecule has 3 nitrogen and oxygen atoms in total. The van der Waals surface area contributed by atoms with Gasteiger partial charge in [0, 0.05) is 24.5 Å².